The number of rotatable bonds is 3. The molecule has 1 aromatic rings. The number of benzene rings is 1. The third kappa shape index (κ3) is 3.42. The van der Waals surface area contributed by atoms with Crippen molar-refractivity contribution in [3.05, 3.63) is 29.3 Å². The van der Waals surface area contributed by atoms with Gasteiger partial charge in [-0.2, -0.15) is 0 Å². The number of hydrogen-bond acceptors (Lipinski definition) is 2. The van der Waals surface area contributed by atoms with Gasteiger partial charge in [0.15, 0.2) is 0 Å². The topological polar surface area (TPSA) is 46.3 Å². The van der Waals surface area contributed by atoms with Crippen LogP contribution in [0, 0.1) is 6.92 Å². The molecule has 0 spiro atoms. The van der Waals surface area contributed by atoms with E-state index in [1.165, 1.54) is 0 Å². The summed E-state index contributed by atoms with van der Waals surface area (Å²) in [4.78, 5) is 13.7. The van der Waals surface area contributed by atoms with Gasteiger partial charge in [0.25, 0.3) is 5.91 Å². The van der Waals surface area contributed by atoms with E-state index in [4.69, 9.17) is 5.73 Å². The fourth-order valence-corrected chi connectivity index (χ4v) is 1.51. The van der Waals surface area contributed by atoms with Gasteiger partial charge < -0.3 is 10.6 Å². The second-order valence-electron chi connectivity index (χ2n) is 3.80. The van der Waals surface area contributed by atoms with Crippen molar-refractivity contribution in [3.8, 4) is 0 Å². The maximum Gasteiger partial charge on any atom is 0.253 e. The number of aryl methyl sites for hydroxylation is 1. The molecule has 0 aliphatic heterocycles. The number of halogens is 1. The Hall–Kier alpha value is -1.22. The fraction of sp³-hybridized carbons (Fsp3) is 0.417. The molecule has 1 rings (SSSR count). The number of carbonyl (C=O) groups excluding carboxylic acids is 1. The number of hydrogen-bond donors (Lipinski definition) is 1. The molecular weight excluding hydrogens is 224 g/mol. The zero-order valence-electron chi connectivity index (χ0n) is 9.99. The van der Waals surface area contributed by atoms with Crippen LogP contribution in [0.3, 0.4) is 0 Å². The molecule has 0 fully saturated rings. The van der Waals surface area contributed by atoms with Crippen molar-refractivity contribution in [1.82, 2.24) is 4.90 Å². The van der Waals surface area contributed by atoms with E-state index < -0.39 is 0 Å². The molecule has 0 aliphatic carbocycles. The molecule has 0 aromatic heterocycles. The van der Waals surface area contributed by atoms with E-state index in [1.807, 2.05) is 26.1 Å². The lowest BCUT2D eigenvalue weighted by molar-refractivity contribution is 0.0794. The second-order valence-corrected chi connectivity index (χ2v) is 3.80. The van der Waals surface area contributed by atoms with Gasteiger partial charge in [-0.1, -0.05) is 13.0 Å². The normalized spacial score (nSPS) is 9.44. The first-order valence-corrected chi connectivity index (χ1v) is 5.17. The molecule has 0 saturated carbocycles. The second kappa shape index (κ2) is 6.38. The van der Waals surface area contributed by atoms with Gasteiger partial charge in [0, 0.05) is 24.8 Å². The zero-order chi connectivity index (χ0) is 11.4. The van der Waals surface area contributed by atoms with Crippen LogP contribution in [0.2, 0.25) is 0 Å². The van der Waals surface area contributed by atoms with Crippen LogP contribution in [0.15, 0.2) is 18.2 Å². The van der Waals surface area contributed by atoms with Gasteiger partial charge in [-0.05, 0) is 31.0 Å². The van der Waals surface area contributed by atoms with E-state index in [2.05, 4.69) is 6.92 Å². The highest BCUT2D eigenvalue weighted by atomic mass is 35.5. The Balaban J connectivity index is 0.00000225. The molecular formula is C12H19ClN2O. The lowest BCUT2D eigenvalue weighted by Gasteiger charge is -2.17. The minimum absolute atomic E-state index is 0. The number of amides is 1. The zero-order valence-corrected chi connectivity index (χ0v) is 10.8. The molecule has 4 heteroatoms. The van der Waals surface area contributed by atoms with Gasteiger partial charge in [0.1, 0.15) is 0 Å². The number of nitrogens with zero attached hydrogens (tertiary/aromatic N) is 1. The van der Waals surface area contributed by atoms with Crippen LogP contribution < -0.4 is 5.73 Å². The largest absolute Gasteiger partial charge is 0.399 e. The number of anilines is 1. The van der Waals surface area contributed by atoms with Crippen LogP contribution in [-0.2, 0) is 0 Å². The first-order valence-electron chi connectivity index (χ1n) is 5.17. The summed E-state index contributed by atoms with van der Waals surface area (Å²) in [5.74, 6) is 0.0432. The van der Waals surface area contributed by atoms with Crippen molar-refractivity contribution in [3.63, 3.8) is 0 Å². The molecule has 3 nitrogen and oxygen atoms in total. The van der Waals surface area contributed by atoms with Crippen molar-refractivity contribution in [1.29, 1.82) is 0 Å². The summed E-state index contributed by atoms with van der Waals surface area (Å²) < 4.78 is 0. The third-order valence-corrected chi connectivity index (χ3v) is 2.40. The molecule has 0 atom stereocenters. The lowest BCUT2D eigenvalue weighted by Crippen LogP contribution is -2.28. The molecule has 1 aromatic carbocycles. The summed E-state index contributed by atoms with van der Waals surface area (Å²) in [5, 5.41) is 0. The molecule has 16 heavy (non-hydrogen) atoms. The monoisotopic (exact) mass is 242 g/mol. The van der Waals surface area contributed by atoms with E-state index in [0.29, 0.717) is 11.3 Å². The highest BCUT2D eigenvalue weighted by Gasteiger charge is 2.13. The Bertz CT molecular complexity index is 366. The summed E-state index contributed by atoms with van der Waals surface area (Å²) in [6, 6.07) is 5.43. The third-order valence-electron chi connectivity index (χ3n) is 2.40. The predicted molar refractivity (Wildman–Crippen MR) is 70.1 cm³/mol. The standard InChI is InChI=1S/C12H18N2O.ClH/c1-4-7-14(3)12(15)11-8-10(13)6-5-9(11)2;/h5-6,8H,4,7,13H2,1-3H3;1H. The van der Waals surface area contributed by atoms with Crippen LogP contribution in [0.1, 0.15) is 29.3 Å². The lowest BCUT2D eigenvalue weighted by atomic mass is 10.1. The average Bonchev–Trinajstić information content (AvgIpc) is 2.21. The Kier molecular flexibility index (Phi) is 5.89. The number of nitrogen functional groups attached to an aromatic ring is 1. The van der Waals surface area contributed by atoms with Gasteiger partial charge >= 0.3 is 0 Å². The Morgan fingerprint density at radius 2 is 2.06 bits per heavy atom. The van der Waals surface area contributed by atoms with Crippen LogP contribution in [-0.4, -0.2) is 24.4 Å². The minimum Gasteiger partial charge on any atom is -0.399 e. The number of nitrogens with two attached hydrogens (primary N) is 1. The summed E-state index contributed by atoms with van der Waals surface area (Å²) in [6.07, 6.45) is 0.962. The average molecular weight is 243 g/mol. The SMILES string of the molecule is CCCN(C)C(=O)c1cc(N)ccc1C.Cl. The van der Waals surface area contributed by atoms with E-state index in [9.17, 15) is 4.79 Å². The van der Waals surface area contributed by atoms with Gasteiger partial charge in [-0.25, -0.2) is 0 Å². The predicted octanol–water partition coefficient (Wildman–Crippen LogP) is 2.48. The van der Waals surface area contributed by atoms with Crippen molar-refractivity contribution in [2.75, 3.05) is 19.3 Å². The summed E-state index contributed by atoms with van der Waals surface area (Å²) in [5.41, 5.74) is 7.97. The van der Waals surface area contributed by atoms with Gasteiger partial charge in [0.2, 0.25) is 0 Å². The molecule has 0 bridgehead atoms. The van der Waals surface area contributed by atoms with Gasteiger partial charge in [-0.3, -0.25) is 4.79 Å². The molecule has 0 saturated heterocycles. The van der Waals surface area contributed by atoms with Crippen LogP contribution in [0.4, 0.5) is 5.69 Å². The van der Waals surface area contributed by atoms with Crippen LogP contribution in [0.25, 0.3) is 0 Å². The Labute approximate surface area is 103 Å². The van der Waals surface area contributed by atoms with Crippen LogP contribution >= 0.6 is 12.4 Å². The summed E-state index contributed by atoms with van der Waals surface area (Å²) in [6.45, 7) is 4.75. The van der Waals surface area contributed by atoms with Crippen LogP contribution in [0.5, 0.6) is 0 Å². The number of carbonyl (C=O) groups is 1. The molecule has 0 unspecified atom stereocenters. The van der Waals surface area contributed by atoms with Crippen molar-refractivity contribution >= 4 is 24.0 Å². The molecule has 1 amide bonds. The minimum atomic E-state index is 0. The molecule has 0 heterocycles. The summed E-state index contributed by atoms with van der Waals surface area (Å²) >= 11 is 0. The quantitative estimate of drug-likeness (QED) is 0.828. The first kappa shape index (κ1) is 14.8. The van der Waals surface area contributed by atoms with Crippen molar-refractivity contribution in [2.45, 2.75) is 20.3 Å². The van der Waals surface area contributed by atoms with Gasteiger partial charge in [-0.15, -0.1) is 12.4 Å². The molecule has 0 radical (unpaired) electrons. The highest BCUT2D eigenvalue weighted by molar-refractivity contribution is 5.96. The summed E-state index contributed by atoms with van der Waals surface area (Å²) in [7, 11) is 1.81. The van der Waals surface area contributed by atoms with Crippen molar-refractivity contribution in [2.24, 2.45) is 0 Å². The van der Waals surface area contributed by atoms with Crippen molar-refractivity contribution < 1.29 is 4.79 Å². The Morgan fingerprint density at radius 3 is 2.62 bits per heavy atom. The van der Waals surface area contributed by atoms with E-state index in [1.54, 1.807) is 11.0 Å². The smallest absolute Gasteiger partial charge is 0.253 e. The van der Waals surface area contributed by atoms with E-state index in [0.717, 1.165) is 18.5 Å². The molecule has 0 aliphatic rings. The molecule has 2 N–H and O–H groups in total. The fourth-order valence-electron chi connectivity index (χ4n) is 1.51. The first-order chi connectivity index (χ1) is 7.06. The molecule has 90 valence electrons. The maximum absolute atomic E-state index is 12.0. The van der Waals surface area contributed by atoms with E-state index in [-0.39, 0.29) is 18.3 Å². The van der Waals surface area contributed by atoms with E-state index >= 15 is 0 Å². The highest BCUT2D eigenvalue weighted by Crippen LogP contribution is 2.14. The maximum atomic E-state index is 12.0. The Morgan fingerprint density at radius 1 is 1.44 bits per heavy atom. The van der Waals surface area contributed by atoms with Gasteiger partial charge in [0.05, 0.1) is 0 Å².